The fourth-order valence-electron chi connectivity index (χ4n) is 3.56. The number of H-pyrrole nitrogens is 1. The van der Waals surface area contributed by atoms with Crippen molar-refractivity contribution >= 4 is 17.7 Å². The Hall–Kier alpha value is -2.86. The Kier molecular flexibility index (Phi) is 5.81. The molecule has 0 aliphatic carbocycles. The van der Waals surface area contributed by atoms with E-state index in [0.29, 0.717) is 29.5 Å². The van der Waals surface area contributed by atoms with Crippen LogP contribution in [-0.4, -0.2) is 27.3 Å². The summed E-state index contributed by atoms with van der Waals surface area (Å²) in [4.78, 5) is 34.6. The lowest BCUT2D eigenvalue weighted by Crippen LogP contribution is -2.38. The van der Waals surface area contributed by atoms with Crippen LogP contribution in [0.15, 0.2) is 64.5 Å². The molecule has 5 nitrogen and oxygen atoms in total. The van der Waals surface area contributed by atoms with Gasteiger partial charge in [-0.2, -0.15) is 0 Å². The van der Waals surface area contributed by atoms with Gasteiger partial charge in [-0.25, -0.2) is 4.98 Å². The van der Waals surface area contributed by atoms with E-state index < -0.39 is 0 Å². The SMILES string of the molecule is Cc1nc(SCc2ccccc2)[nH]c(=O)c1CC(=O)N1CCc2ccccc2C1. The van der Waals surface area contributed by atoms with Crippen LogP contribution in [0.25, 0.3) is 0 Å². The highest BCUT2D eigenvalue weighted by molar-refractivity contribution is 7.98. The number of hydrogen-bond donors (Lipinski definition) is 1. The Balaban J connectivity index is 1.43. The van der Waals surface area contributed by atoms with Crippen LogP contribution in [0.4, 0.5) is 0 Å². The molecule has 0 radical (unpaired) electrons. The third-order valence-electron chi connectivity index (χ3n) is 5.23. The molecule has 1 N–H and O–H groups in total. The molecule has 148 valence electrons. The number of nitrogens with zero attached hydrogens (tertiary/aromatic N) is 2. The molecule has 0 unspecified atom stereocenters. The number of aromatic nitrogens is 2. The fourth-order valence-corrected chi connectivity index (χ4v) is 4.42. The van der Waals surface area contributed by atoms with E-state index in [9.17, 15) is 9.59 Å². The molecule has 4 rings (SSSR count). The second kappa shape index (κ2) is 8.66. The molecule has 0 spiro atoms. The van der Waals surface area contributed by atoms with Crippen molar-refractivity contribution < 1.29 is 4.79 Å². The number of carbonyl (C=O) groups is 1. The molecule has 0 saturated heterocycles. The van der Waals surface area contributed by atoms with Gasteiger partial charge in [-0.05, 0) is 30.0 Å². The highest BCUT2D eigenvalue weighted by Crippen LogP contribution is 2.21. The van der Waals surface area contributed by atoms with Crippen molar-refractivity contribution in [2.75, 3.05) is 6.54 Å². The predicted octanol–water partition coefficient (Wildman–Crippen LogP) is 3.50. The summed E-state index contributed by atoms with van der Waals surface area (Å²) in [5.41, 5.74) is 4.50. The van der Waals surface area contributed by atoms with E-state index in [1.54, 1.807) is 6.92 Å². The van der Waals surface area contributed by atoms with Crippen molar-refractivity contribution in [3.8, 4) is 0 Å². The standard InChI is InChI=1S/C23H23N3O2S/c1-16-20(13-21(27)26-12-11-18-9-5-6-10-19(18)14-26)22(28)25-23(24-16)29-15-17-7-3-2-4-8-17/h2-10H,11-15H2,1H3,(H,24,25,28). The average molecular weight is 406 g/mol. The number of amides is 1. The molecular weight excluding hydrogens is 382 g/mol. The van der Waals surface area contributed by atoms with Crippen LogP contribution in [-0.2, 0) is 29.9 Å². The lowest BCUT2D eigenvalue weighted by atomic mass is 9.99. The van der Waals surface area contributed by atoms with Gasteiger partial charge in [-0.3, -0.25) is 9.59 Å². The van der Waals surface area contributed by atoms with E-state index >= 15 is 0 Å². The Labute approximate surface area is 174 Å². The number of nitrogens with one attached hydrogen (secondary N) is 1. The molecule has 0 bridgehead atoms. The first-order chi connectivity index (χ1) is 14.1. The highest BCUT2D eigenvalue weighted by atomic mass is 32.2. The Bertz CT molecular complexity index is 1080. The monoisotopic (exact) mass is 405 g/mol. The van der Waals surface area contributed by atoms with Crippen molar-refractivity contribution in [1.82, 2.24) is 14.9 Å². The normalized spacial score (nSPS) is 13.2. The van der Waals surface area contributed by atoms with E-state index in [1.807, 2.05) is 47.4 Å². The zero-order chi connectivity index (χ0) is 20.2. The van der Waals surface area contributed by atoms with Gasteiger partial charge in [0.1, 0.15) is 0 Å². The molecule has 1 aliphatic heterocycles. The number of aromatic amines is 1. The largest absolute Gasteiger partial charge is 0.338 e. The summed E-state index contributed by atoms with van der Waals surface area (Å²) in [6, 6.07) is 18.2. The van der Waals surface area contributed by atoms with Crippen LogP contribution in [0.3, 0.4) is 0 Å². The zero-order valence-corrected chi connectivity index (χ0v) is 17.2. The number of fused-ring (bicyclic) bond motifs is 1. The van der Waals surface area contributed by atoms with Crippen molar-refractivity contribution in [2.24, 2.45) is 0 Å². The van der Waals surface area contributed by atoms with Gasteiger partial charge in [0.25, 0.3) is 5.56 Å². The smallest absolute Gasteiger partial charge is 0.255 e. The number of aryl methyl sites for hydroxylation is 1. The van der Waals surface area contributed by atoms with Crippen molar-refractivity contribution in [3.05, 3.63) is 92.9 Å². The van der Waals surface area contributed by atoms with Gasteiger partial charge in [0, 0.05) is 30.1 Å². The molecule has 0 saturated carbocycles. The molecule has 2 aromatic carbocycles. The maximum Gasteiger partial charge on any atom is 0.255 e. The Morgan fingerprint density at radius 3 is 2.59 bits per heavy atom. The van der Waals surface area contributed by atoms with E-state index in [0.717, 1.165) is 12.2 Å². The maximum atomic E-state index is 12.8. The van der Waals surface area contributed by atoms with Crippen LogP contribution >= 0.6 is 11.8 Å². The van der Waals surface area contributed by atoms with Gasteiger partial charge in [0.05, 0.1) is 6.42 Å². The van der Waals surface area contributed by atoms with Crippen LogP contribution in [0.5, 0.6) is 0 Å². The summed E-state index contributed by atoms with van der Waals surface area (Å²) in [5, 5.41) is 0.583. The molecule has 1 aliphatic rings. The summed E-state index contributed by atoms with van der Waals surface area (Å²) in [6.07, 6.45) is 0.935. The predicted molar refractivity (Wildman–Crippen MR) is 115 cm³/mol. The fraction of sp³-hybridized carbons (Fsp3) is 0.261. The Morgan fingerprint density at radius 1 is 1.10 bits per heavy atom. The van der Waals surface area contributed by atoms with E-state index in [4.69, 9.17) is 0 Å². The summed E-state index contributed by atoms with van der Waals surface area (Å²) in [5.74, 6) is 0.703. The third-order valence-corrected chi connectivity index (χ3v) is 6.17. The second-order valence-corrected chi connectivity index (χ2v) is 8.18. The molecule has 6 heteroatoms. The molecule has 1 amide bonds. The quantitative estimate of drug-likeness (QED) is 0.521. The van der Waals surface area contributed by atoms with Gasteiger partial charge < -0.3 is 9.88 Å². The molecule has 0 atom stereocenters. The number of thioether (sulfide) groups is 1. The molecular formula is C23H23N3O2S. The van der Waals surface area contributed by atoms with Crippen LogP contribution in [0, 0.1) is 6.92 Å². The lowest BCUT2D eigenvalue weighted by molar-refractivity contribution is -0.131. The van der Waals surface area contributed by atoms with E-state index in [2.05, 4.69) is 22.1 Å². The summed E-state index contributed by atoms with van der Waals surface area (Å²) in [6.45, 7) is 3.09. The van der Waals surface area contributed by atoms with Crippen molar-refractivity contribution in [2.45, 2.75) is 37.2 Å². The van der Waals surface area contributed by atoms with Crippen molar-refractivity contribution in [3.63, 3.8) is 0 Å². The zero-order valence-electron chi connectivity index (χ0n) is 16.4. The minimum atomic E-state index is -0.223. The van der Waals surface area contributed by atoms with Gasteiger partial charge in [0.2, 0.25) is 5.91 Å². The van der Waals surface area contributed by atoms with Gasteiger partial charge in [-0.1, -0.05) is 66.4 Å². The highest BCUT2D eigenvalue weighted by Gasteiger charge is 2.22. The summed E-state index contributed by atoms with van der Waals surface area (Å²) in [7, 11) is 0. The first-order valence-electron chi connectivity index (χ1n) is 9.71. The number of carbonyl (C=O) groups excluding carboxylic acids is 1. The van der Waals surface area contributed by atoms with Gasteiger partial charge in [-0.15, -0.1) is 0 Å². The first kappa shape index (κ1) is 19.5. The summed E-state index contributed by atoms with van der Waals surface area (Å²) >= 11 is 1.49. The van der Waals surface area contributed by atoms with Crippen LogP contribution in [0.2, 0.25) is 0 Å². The van der Waals surface area contributed by atoms with E-state index in [1.165, 1.54) is 28.5 Å². The van der Waals surface area contributed by atoms with Crippen LogP contribution in [0.1, 0.15) is 27.9 Å². The minimum Gasteiger partial charge on any atom is -0.338 e. The first-order valence-corrected chi connectivity index (χ1v) is 10.7. The molecule has 3 aromatic rings. The van der Waals surface area contributed by atoms with Crippen LogP contribution < -0.4 is 5.56 Å². The Morgan fingerprint density at radius 2 is 1.83 bits per heavy atom. The van der Waals surface area contributed by atoms with Crippen molar-refractivity contribution in [1.29, 1.82) is 0 Å². The minimum absolute atomic E-state index is 0.0282. The number of hydrogen-bond acceptors (Lipinski definition) is 4. The molecule has 1 aromatic heterocycles. The van der Waals surface area contributed by atoms with Gasteiger partial charge in [0.15, 0.2) is 5.16 Å². The maximum absolute atomic E-state index is 12.8. The average Bonchev–Trinajstić information content (AvgIpc) is 2.75. The van der Waals surface area contributed by atoms with Gasteiger partial charge >= 0.3 is 0 Å². The van der Waals surface area contributed by atoms with E-state index in [-0.39, 0.29) is 17.9 Å². The molecule has 29 heavy (non-hydrogen) atoms. The number of rotatable bonds is 5. The molecule has 0 fully saturated rings. The third kappa shape index (κ3) is 4.59. The lowest BCUT2D eigenvalue weighted by Gasteiger charge is -2.29. The topological polar surface area (TPSA) is 66.1 Å². The summed E-state index contributed by atoms with van der Waals surface area (Å²) < 4.78 is 0. The second-order valence-electron chi connectivity index (χ2n) is 7.22. The molecule has 2 heterocycles. The number of benzene rings is 2.